The number of carbonyl (C=O) groups is 1. The van der Waals surface area contributed by atoms with Crippen LogP contribution in [0.4, 0.5) is 0 Å². The number of ketones is 1. The van der Waals surface area contributed by atoms with Gasteiger partial charge in [0.05, 0.1) is 25.2 Å². The molecule has 3 aliphatic rings. The molecule has 0 atom stereocenters. The second-order valence-electron chi connectivity index (χ2n) is 6.54. The second-order valence-corrected chi connectivity index (χ2v) is 6.54. The van der Waals surface area contributed by atoms with Gasteiger partial charge in [-0.25, -0.2) is 0 Å². The SMILES string of the molecule is CC1(C)CC(=O)C2=C(C1)NC1=C(CN=N1)C2(CO)CO. The van der Waals surface area contributed by atoms with Crippen LogP contribution in [0.1, 0.15) is 26.7 Å². The number of aliphatic hydroxyl groups excluding tert-OH is 2. The third-order valence-electron chi connectivity index (χ3n) is 4.43. The van der Waals surface area contributed by atoms with E-state index in [1.807, 2.05) is 13.8 Å². The van der Waals surface area contributed by atoms with Gasteiger partial charge in [-0.05, 0) is 11.8 Å². The molecule has 6 heteroatoms. The van der Waals surface area contributed by atoms with Crippen LogP contribution < -0.4 is 5.32 Å². The van der Waals surface area contributed by atoms with E-state index in [4.69, 9.17) is 0 Å². The Morgan fingerprint density at radius 3 is 2.60 bits per heavy atom. The number of hydrogen-bond donors (Lipinski definition) is 3. The Balaban J connectivity index is 2.16. The normalized spacial score (nSPS) is 26.5. The van der Waals surface area contributed by atoms with Gasteiger partial charge < -0.3 is 15.5 Å². The molecule has 0 saturated heterocycles. The molecule has 0 aromatic rings. The molecular formula is C14H19N3O3. The number of allylic oxidation sites excluding steroid dienone is 1. The number of carbonyl (C=O) groups excluding carboxylic acids is 1. The second kappa shape index (κ2) is 4.23. The first-order chi connectivity index (χ1) is 9.43. The van der Waals surface area contributed by atoms with Gasteiger partial charge >= 0.3 is 0 Å². The van der Waals surface area contributed by atoms with Crippen LogP contribution >= 0.6 is 0 Å². The van der Waals surface area contributed by atoms with E-state index >= 15 is 0 Å². The molecule has 3 rings (SSSR count). The predicted molar refractivity (Wildman–Crippen MR) is 71.5 cm³/mol. The van der Waals surface area contributed by atoms with E-state index in [9.17, 15) is 15.0 Å². The van der Waals surface area contributed by atoms with E-state index in [-0.39, 0.29) is 24.4 Å². The fraction of sp³-hybridized carbons (Fsp3) is 0.643. The summed E-state index contributed by atoms with van der Waals surface area (Å²) in [5, 5.41) is 31.0. The molecule has 0 aromatic carbocycles. The molecule has 0 fully saturated rings. The van der Waals surface area contributed by atoms with Crippen molar-refractivity contribution in [3.05, 3.63) is 22.7 Å². The molecule has 2 heterocycles. The Morgan fingerprint density at radius 2 is 1.95 bits per heavy atom. The van der Waals surface area contributed by atoms with Crippen LogP contribution in [-0.4, -0.2) is 35.8 Å². The van der Waals surface area contributed by atoms with Crippen LogP contribution in [0.2, 0.25) is 0 Å². The standard InChI is InChI=1S/C14H19N3O3/c1-13(2)3-9-11(10(20)4-13)14(6-18,7-19)8-5-15-17-12(8)16-9/h16,18-19H,3-7H2,1-2H3. The Kier molecular flexibility index (Phi) is 2.85. The van der Waals surface area contributed by atoms with Gasteiger partial charge in [0.25, 0.3) is 0 Å². The molecule has 0 aromatic heterocycles. The van der Waals surface area contributed by atoms with Crippen LogP contribution in [0.25, 0.3) is 0 Å². The quantitative estimate of drug-likeness (QED) is 0.698. The molecule has 0 radical (unpaired) electrons. The Labute approximate surface area is 117 Å². The van der Waals surface area contributed by atoms with Crippen molar-refractivity contribution in [1.82, 2.24) is 5.32 Å². The van der Waals surface area contributed by atoms with Gasteiger partial charge in [0.1, 0.15) is 0 Å². The monoisotopic (exact) mass is 277 g/mol. The molecule has 6 nitrogen and oxygen atoms in total. The summed E-state index contributed by atoms with van der Waals surface area (Å²) in [7, 11) is 0. The lowest BCUT2D eigenvalue weighted by Crippen LogP contribution is -2.47. The zero-order chi connectivity index (χ0) is 14.5. The summed E-state index contributed by atoms with van der Waals surface area (Å²) < 4.78 is 0. The van der Waals surface area contributed by atoms with Gasteiger partial charge in [-0.15, -0.1) is 5.11 Å². The Hall–Kier alpha value is -1.53. The van der Waals surface area contributed by atoms with Crippen LogP contribution in [0.5, 0.6) is 0 Å². The number of dihydropyridines is 1. The topological polar surface area (TPSA) is 94.3 Å². The summed E-state index contributed by atoms with van der Waals surface area (Å²) in [5.74, 6) is 0.572. The fourth-order valence-electron chi connectivity index (χ4n) is 3.47. The number of aliphatic hydroxyl groups is 2. The van der Waals surface area contributed by atoms with Gasteiger partial charge in [0.15, 0.2) is 11.6 Å². The molecule has 0 spiro atoms. The first-order valence-electron chi connectivity index (χ1n) is 6.80. The first-order valence-corrected chi connectivity index (χ1v) is 6.80. The van der Waals surface area contributed by atoms with Gasteiger partial charge in [-0.3, -0.25) is 4.79 Å². The van der Waals surface area contributed by atoms with E-state index in [1.165, 1.54) is 0 Å². The van der Waals surface area contributed by atoms with E-state index in [0.717, 1.165) is 5.70 Å². The van der Waals surface area contributed by atoms with E-state index < -0.39 is 5.41 Å². The summed E-state index contributed by atoms with van der Waals surface area (Å²) in [5.41, 5.74) is 0.844. The minimum Gasteiger partial charge on any atom is -0.395 e. The lowest BCUT2D eigenvalue weighted by atomic mass is 9.64. The maximum absolute atomic E-state index is 12.6. The molecule has 0 amide bonds. The van der Waals surface area contributed by atoms with Gasteiger partial charge in [-0.1, -0.05) is 13.8 Å². The zero-order valence-electron chi connectivity index (χ0n) is 11.7. The van der Waals surface area contributed by atoms with Crippen molar-refractivity contribution in [2.75, 3.05) is 19.8 Å². The highest BCUT2D eigenvalue weighted by atomic mass is 16.3. The van der Waals surface area contributed by atoms with Crippen LogP contribution in [0.15, 0.2) is 32.9 Å². The molecule has 3 N–H and O–H groups in total. The molecule has 0 bridgehead atoms. The number of azo groups is 1. The van der Waals surface area contributed by atoms with Gasteiger partial charge in [0.2, 0.25) is 0 Å². The summed E-state index contributed by atoms with van der Waals surface area (Å²) >= 11 is 0. The summed E-state index contributed by atoms with van der Waals surface area (Å²) in [6, 6.07) is 0. The highest BCUT2D eigenvalue weighted by Crippen LogP contribution is 2.49. The lowest BCUT2D eigenvalue weighted by Gasteiger charge is -2.43. The molecule has 0 saturated carbocycles. The third kappa shape index (κ3) is 1.68. The minimum absolute atomic E-state index is 0.00898. The maximum atomic E-state index is 12.6. The van der Waals surface area contributed by atoms with Crippen LogP contribution in [0.3, 0.4) is 0 Å². The fourth-order valence-corrected chi connectivity index (χ4v) is 3.47. The number of nitrogens with one attached hydrogen (secondary N) is 1. The highest BCUT2D eigenvalue weighted by molar-refractivity contribution is 6.00. The predicted octanol–water partition coefficient (Wildman–Crippen LogP) is 0.881. The van der Waals surface area contributed by atoms with E-state index in [0.29, 0.717) is 36.4 Å². The van der Waals surface area contributed by atoms with Crippen molar-refractivity contribution in [2.24, 2.45) is 21.1 Å². The molecule has 108 valence electrons. The largest absolute Gasteiger partial charge is 0.395 e. The third-order valence-corrected chi connectivity index (χ3v) is 4.43. The first kappa shape index (κ1) is 13.5. The average Bonchev–Trinajstić information content (AvgIpc) is 2.83. The van der Waals surface area contributed by atoms with Crippen molar-refractivity contribution in [3.63, 3.8) is 0 Å². The number of Topliss-reactive ketones (excluding diaryl/α,β-unsaturated/α-hetero) is 1. The van der Waals surface area contributed by atoms with Crippen molar-refractivity contribution >= 4 is 5.78 Å². The van der Waals surface area contributed by atoms with Crippen molar-refractivity contribution in [3.8, 4) is 0 Å². The average molecular weight is 277 g/mol. The van der Waals surface area contributed by atoms with Crippen LogP contribution in [0, 0.1) is 10.8 Å². The molecule has 0 unspecified atom stereocenters. The van der Waals surface area contributed by atoms with Crippen LogP contribution in [-0.2, 0) is 4.79 Å². The lowest BCUT2D eigenvalue weighted by molar-refractivity contribution is -0.120. The summed E-state index contributed by atoms with van der Waals surface area (Å²) in [6.45, 7) is 3.78. The molecule has 1 aliphatic carbocycles. The summed E-state index contributed by atoms with van der Waals surface area (Å²) in [6.07, 6.45) is 1.12. The van der Waals surface area contributed by atoms with Gasteiger partial charge in [-0.2, -0.15) is 5.11 Å². The molecule has 20 heavy (non-hydrogen) atoms. The van der Waals surface area contributed by atoms with Gasteiger partial charge in [0, 0.05) is 23.3 Å². The van der Waals surface area contributed by atoms with Crippen molar-refractivity contribution < 1.29 is 15.0 Å². The van der Waals surface area contributed by atoms with Crippen molar-refractivity contribution in [2.45, 2.75) is 26.7 Å². The minimum atomic E-state index is -1.03. The van der Waals surface area contributed by atoms with E-state index in [2.05, 4.69) is 15.5 Å². The number of hydrogen-bond acceptors (Lipinski definition) is 6. The maximum Gasteiger partial charge on any atom is 0.162 e. The molecule has 2 aliphatic heterocycles. The van der Waals surface area contributed by atoms with E-state index in [1.54, 1.807) is 0 Å². The zero-order valence-corrected chi connectivity index (χ0v) is 11.7. The number of rotatable bonds is 2. The highest BCUT2D eigenvalue weighted by Gasteiger charge is 2.50. The smallest absolute Gasteiger partial charge is 0.162 e. The Bertz CT molecular complexity index is 568. The summed E-state index contributed by atoms with van der Waals surface area (Å²) in [4.78, 5) is 12.6. The number of nitrogens with zero attached hydrogens (tertiary/aromatic N) is 2. The Morgan fingerprint density at radius 1 is 1.25 bits per heavy atom. The van der Waals surface area contributed by atoms with Crippen molar-refractivity contribution in [1.29, 1.82) is 0 Å². The molecular weight excluding hydrogens is 258 g/mol.